The fourth-order valence-corrected chi connectivity index (χ4v) is 3.43. The average molecular weight is 379 g/mol. The monoisotopic (exact) mass is 378 g/mol. The van der Waals surface area contributed by atoms with Gasteiger partial charge in [0.15, 0.2) is 0 Å². The first-order valence-corrected chi connectivity index (χ1v) is 10.1. The summed E-state index contributed by atoms with van der Waals surface area (Å²) in [6.45, 7) is 10.1. The van der Waals surface area contributed by atoms with Crippen LogP contribution in [-0.2, 0) is 4.79 Å². The Kier molecular flexibility index (Phi) is 6.75. The Morgan fingerprint density at radius 3 is 2.36 bits per heavy atom. The van der Waals surface area contributed by atoms with E-state index in [1.807, 2.05) is 36.1 Å². The third kappa shape index (κ3) is 4.94. The van der Waals surface area contributed by atoms with Gasteiger partial charge < -0.3 is 14.5 Å². The van der Waals surface area contributed by atoms with Crippen molar-refractivity contribution in [2.75, 3.05) is 37.7 Å². The molecule has 4 nitrogen and oxygen atoms in total. The van der Waals surface area contributed by atoms with Crippen LogP contribution in [-0.4, -0.2) is 43.6 Å². The van der Waals surface area contributed by atoms with Gasteiger partial charge in [-0.2, -0.15) is 0 Å². The Hall–Kier alpha value is -2.75. The van der Waals surface area contributed by atoms with Crippen LogP contribution in [0.1, 0.15) is 37.8 Å². The first-order chi connectivity index (χ1) is 13.6. The minimum absolute atomic E-state index is 0.0747. The lowest BCUT2D eigenvalue weighted by molar-refractivity contribution is -0.126. The molecule has 1 aliphatic rings. The number of carbonyl (C=O) groups excluding carboxylic acids is 1. The van der Waals surface area contributed by atoms with Crippen LogP contribution in [0.5, 0.6) is 5.75 Å². The van der Waals surface area contributed by atoms with Gasteiger partial charge in [-0.1, -0.05) is 50.2 Å². The largest absolute Gasteiger partial charge is 0.492 e. The predicted molar refractivity (Wildman–Crippen MR) is 116 cm³/mol. The van der Waals surface area contributed by atoms with Gasteiger partial charge in [0.2, 0.25) is 5.91 Å². The number of rotatable bonds is 6. The van der Waals surface area contributed by atoms with Gasteiger partial charge in [-0.05, 0) is 42.2 Å². The molecule has 2 aromatic rings. The lowest BCUT2D eigenvalue weighted by atomic mass is 10.0. The van der Waals surface area contributed by atoms with Gasteiger partial charge >= 0.3 is 0 Å². The van der Waals surface area contributed by atoms with Gasteiger partial charge in [-0.3, -0.25) is 4.79 Å². The van der Waals surface area contributed by atoms with E-state index in [1.54, 1.807) is 6.08 Å². The number of amides is 1. The first-order valence-electron chi connectivity index (χ1n) is 10.1. The zero-order valence-electron chi connectivity index (χ0n) is 17.1. The maximum Gasteiger partial charge on any atom is 0.246 e. The number of hydrogen-bond acceptors (Lipinski definition) is 3. The van der Waals surface area contributed by atoms with Gasteiger partial charge in [-0.25, -0.2) is 0 Å². The molecule has 0 saturated carbocycles. The van der Waals surface area contributed by atoms with Gasteiger partial charge in [-0.15, -0.1) is 0 Å². The van der Waals surface area contributed by atoms with Crippen molar-refractivity contribution in [2.45, 2.75) is 26.7 Å². The Balaban J connectivity index is 1.56. The van der Waals surface area contributed by atoms with Crippen molar-refractivity contribution in [1.82, 2.24) is 4.90 Å². The summed E-state index contributed by atoms with van der Waals surface area (Å²) in [6.07, 6.45) is 3.59. The Labute approximate surface area is 168 Å². The van der Waals surface area contributed by atoms with Crippen LogP contribution in [0.25, 0.3) is 6.08 Å². The second-order valence-electron chi connectivity index (χ2n) is 7.37. The second-order valence-corrected chi connectivity index (χ2v) is 7.37. The summed E-state index contributed by atoms with van der Waals surface area (Å²) in [4.78, 5) is 16.8. The molecule has 0 aromatic heterocycles. The molecule has 0 spiro atoms. The molecule has 0 unspecified atom stereocenters. The highest BCUT2D eigenvalue weighted by Crippen LogP contribution is 2.28. The number of para-hydroxylation sites is 2. The minimum atomic E-state index is 0.0747. The van der Waals surface area contributed by atoms with Crippen molar-refractivity contribution < 1.29 is 9.53 Å². The molecule has 0 atom stereocenters. The quantitative estimate of drug-likeness (QED) is 0.690. The molecular weight excluding hydrogens is 348 g/mol. The molecule has 0 N–H and O–H groups in total. The van der Waals surface area contributed by atoms with E-state index < -0.39 is 0 Å². The molecular formula is C24H30N2O2. The normalized spacial score (nSPS) is 14.7. The summed E-state index contributed by atoms with van der Waals surface area (Å²) in [6, 6.07) is 16.5. The summed E-state index contributed by atoms with van der Waals surface area (Å²) in [7, 11) is 0. The maximum absolute atomic E-state index is 12.6. The van der Waals surface area contributed by atoms with Crippen LogP contribution in [0.3, 0.4) is 0 Å². The third-order valence-corrected chi connectivity index (χ3v) is 5.12. The fourth-order valence-electron chi connectivity index (χ4n) is 3.43. The summed E-state index contributed by atoms with van der Waals surface area (Å²) in [5.41, 5.74) is 3.48. The van der Waals surface area contributed by atoms with Crippen LogP contribution in [0.4, 0.5) is 5.69 Å². The van der Waals surface area contributed by atoms with Gasteiger partial charge in [0.25, 0.3) is 0 Å². The Morgan fingerprint density at radius 1 is 1.04 bits per heavy atom. The van der Waals surface area contributed by atoms with Gasteiger partial charge in [0.1, 0.15) is 5.75 Å². The molecule has 1 amide bonds. The molecule has 0 aliphatic carbocycles. The van der Waals surface area contributed by atoms with Gasteiger partial charge in [0.05, 0.1) is 12.3 Å². The van der Waals surface area contributed by atoms with Gasteiger partial charge in [0, 0.05) is 32.3 Å². The SMILES string of the molecule is CCOc1ccccc1N1CCN(C(=O)/C=C/c2ccc(C(C)C)cc2)CC1. The molecule has 0 radical (unpaired) electrons. The Bertz CT molecular complexity index is 804. The smallest absolute Gasteiger partial charge is 0.246 e. The van der Waals surface area contributed by atoms with Crippen LogP contribution < -0.4 is 9.64 Å². The van der Waals surface area contributed by atoms with Crippen molar-refractivity contribution in [1.29, 1.82) is 0 Å². The summed E-state index contributed by atoms with van der Waals surface area (Å²) < 4.78 is 5.74. The molecule has 28 heavy (non-hydrogen) atoms. The van der Waals surface area contributed by atoms with Crippen LogP contribution in [0.2, 0.25) is 0 Å². The molecule has 1 heterocycles. The van der Waals surface area contributed by atoms with E-state index in [9.17, 15) is 4.79 Å². The van der Waals surface area contributed by atoms with Crippen molar-refractivity contribution in [3.63, 3.8) is 0 Å². The first kappa shape index (κ1) is 20.0. The highest BCUT2D eigenvalue weighted by atomic mass is 16.5. The van der Waals surface area contributed by atoms with E-state index in [-0.39, 0.29) is 5.91 Å². The highest BCUT2D eigenvalue weighted by Gasteiger charge is 2.21. The van der Waals surface area contributed by atoms with E-state index in [0.717, 1.165) is 43.2 Å². The number of nitrogens with zero attached hydrogens (tertiary/aromatic N) is 2. The molecule has 1 fully saturated rings. The number of carbonyl (C=O) groups is 1. The van der Waals surface area contributed by atoms with Crippen molar-refractivity contribution in [3.8, 4) is 5.75 Å². The number of piperazine rings is 1. The van der Waals surface area contributed by atoms with E-state index in [2.05, 4.69) is 49.1 Å². The number of hydrogen-bond donors (Lipinski definition) is 0. The molecule has 3 rings (SSSR count). The van der Waals surface area contributed by atoms with Crippen LogP contribution in [0.15, 0.2) is 54.6 Å². The van der Waals surface area contributed by atoms with E-state index in [0.29, 0.717) is 12.5 Å². The van der Waals surface area contributed by atoms with E-state index >= 15 is 0 Å². The summed E-state index contributed by atoms with van der Waals surface area (Å²) >= 11 is 0. The van der Waals surface area contributed by atoms with Crippen LogP contribution in [0, 0.1) is 0 Å². The lowest BCUT2D eigenvalue weighted by Gasteiger charge is -2.36. The minimum Gasteiger partial charge on any atom is -0.492 e. The molecule has 1 aliphatic heterocycles. The fraction of sp³-hybridized carbons (Fsp3) is 0.375. The second kappa shape index (κ2) is 9.45. The van der Waals surface area contributed by atoms with E-state index in [1.165, 1.54) is 5.56 Å². The summed E-state index contributed by atoms with van der Waals surface area (Å²) in [5.74, 6) is 1.50. The lowest BCUT2D eigenvalue weighted by Crippen LogP contribution is -2.48. The molecule has 1 saturated heterocycles. The third-order valence-electron chi connectivity index (χ3n) is 5.12. The predicted octanol–water partition coefficient (Wildman–Crippen LogP) is 4.57. The number of anilines is 1. The topological polar surface area (TPSA) is 32.8 Å². The van der Waals surface area contributed by atoms with Crippen molar-refractivity contribution >= 4 is 17.7 Å². The molecule has 148 valence electrons. The standard InChI is InChI=1S/C24H30N2O2/c1-4-28-23-8-6-5-7-22(23)25-15-17-26(18-16-25)24(27)14-11-20-9-12-21(13-10-20)19(2)3/h5-14,19H,4,15-18H2,1-3H3/b14-11+. The van der Waals surface area contributed by atoms with Crippen LogP contribution >= 0.6 is 0 Å². The molecule has 0 bridgehead atoms. The highest BCUT2D eigenvalue weighted by molar-refractivity contribution is 5.92. The summed E-state index contributed by atoms with van der Waals surface area (Å²) in [5, 5.41) is 0. The zero-order valence-corrected chi connectivity index (χ0v) is 17.1. The molecule has 4 heteroatoms. The van der Waals surface area contributed by atoms with E-state index in [4.69, 9.17) is 4.74 Å². The average Bonchev–Trinajstić information content (AvgIpc) is 2.73. The molecule has 2 aromatic carbocycles. The maximum atomic E-state index is 12.6. The van der Waals surface area contributed by atoms with Crippen molar-refractivity contribution in [3.05, 3.63) is 65.7 Å². The Morgan fingerprint density at radius 2 is 1.71 bits per heavy atom. The number of ether oxygens (including phenoxy) is 1. The van der Waals surface area contributed by atoms with Crippen molar-refractivity contribution in [2.24, 2.45) is 0 Å². The zero-order chi connectivity index (χ0) is 19.9. The number of benzene rings is 2.